The van der Waals surface area contributed by atoms with Gasteiger partial charge in [-0.1, -0.05) is 20.3 Å². The maximum absolute atomic E-state index is 8.92. The molecular formula is C12H17N3. The van der Waals surface area contributed by atoms with Gasteiger partial charge < -0.3 is 4.90 Å². The Balaban J connectivity index is 2.82. The zero-order chi connectivity index (χ0) is 11.3. The van der Waals surface area contributed by atoms with E-state index in [-0.39, 0.29) is 0 Å². The lowest BCUT2D eigenvalue weighted by atomic mass is 10.1. The van der Waals surface area contributed by atoms with Gasteiger partial charge in [-0.05, 0) is 18.1 Å². The van der Waals surface area contributed by atoms with Crippen molar-refractivity contribution in [2.45, 2.75) is 20.3 Å². The maximum atomic E-state index is 8.92. The minimum absolute atomic E-state index is 0.503. The van der Waals surface area contributed by atoms with E-state index in [1.165, 1.54) is 0 Å². The highest BCUT2D eigenvalue weighted by Crippen LogP contribution is 2.17. The van der Waals surface area contributed by atoms with E-state index in [0.717, 1.165) is 18.7 Å². The van der Waals surface area contributed by atoms with E-state index < -0.39 is 0 Å². The molecule has 3 heteroatoms. The fourth-order valence-electron chi connectivity index (χ4n) is 1.49. The summed E-state index contributed by atoms with van der Waals surface area (Å²) in [6.45, 7) is 5.34. The lowest BCUT2D eigenvalue weighted by molar-refractivity contribution is 0.559. The Kier molecular flexibility index (Phi) is 4.11. The number of aromatic nitrogens is 1. The average molecular weight is 203 g/mol. The van der Waals surface area contributed by atoms with Gasteiger partial charge in [-0.25, -0.2) is 4.98 Å². The number of hydrogen-bond acceptors (Lipinski definition) is 3. The van der Waals surface area contributed by atoms with Gasteiger partial charge in [-0.2, -0.15) is 5.26 Å². The van der Waals surface area contributed by atoms with E-state index in [0.29, 0.717) is 11.6 Å². The predicted octanol–water partition coefficient (Wildman–Crippen LogP) is 2.44. The second kappa shape index (κ2) is 5.35. The van der Waals surface area contributed by atoms with Crippen LogP contribution in [0, 0.1) is 17.2 Å². The lowest BCUT2D eigenvalue weighted by Gasteiger charge is -2.23. The fourth-order valence-corrected chi connectivity index (χ4v) is 1.49. The molecule has 3 nitrogen and oxygen atoms in total. The van der Waals surface area contributed by atoms with Crippen LogP contribution in [0.1, 0.15) is 26.0 Å². The summed E-state index contributed by atoms with van der Waals surface area (Å²) in [6, 6.07) is 5.92. The molecule has 0 bridgehead atoms. The first-order chi connectivity index (χ1) is 7.19. The highest BCUT2D eigenvalue weighted by molar-refractivity contribution is 5.54. The average Bonchev–Trinajstić information content (AvgIpc) is 2.28. The number of nitriles is 1. The first-order valence-corrected chi connectivity index (χ1v) is 5.25. The molecule has 15 heavy (non-hydrogen) atoms. The second-order valence-electron chi connectivity index (χ2n) is 3.88. The molecule has 0 aliphatic heterocycles. The van der Waals surface area contributed by atoms with Gasteiger partial charge in [0.1, 0.15) is 6.07 Å². The van der Waals surface area contributed by atoms with Crippen molar-refractivity contribution >= 4 is 5.69 Å². The van der Waals surface area contributed by atoms with Crippen LogP contribution >= 0.6 is 0 Å². The normalized spacial score (nSPS) is 11.9. The summed E-state index contributed by atoms with van der Waals surface area (Å²) in [5.74, 6) is 0.627. The van der Waals surface area contributed by atoms with Crippen LogP contribution < -0.4 is 4.90 Å². The van der Waals surface area contributed by atoms with Crippen molar-refractivity contribution < 1.29 is 0 Å². The van der Waals surface area contributed by atoms with Crippen LogP contribution in [-0.4, -0.2) is 18.6 Å². The SMILES string of the molecule is CCC(C)CN(C)c1cccnc1C#N. The van der Waals surface area contributed by atoms with Crippen molar-refractivity contribution in [3.63, 3.8) is 0 Å². The topological polar surface area (TPSA) is 39.9 Å². The van der Waals surface area contributed by atoms with Crippen molar-refractivity contribution in [2.75, 3.05) is 18.5 Å². The molecule has 0 fully saturated rings. The number of rotatable bonds is 4. The lowest BCUT2D eigenvalue weighted by Crippen LogP contribution is -2.24. The minimum Gasteiger partial charge on any atom is -0.372 e. The molecule has 1 aromatic rings. The first kappa shape index (κ1) is 11.5. The molecule has 1 heterocycles. The van der Waals surface area contributed by atoms with Gasteiger partial charge >= 0.3 is 0 Å². The van der Waals surface area contributed by atoms with Crippen LogP contribution in [0.4, 0.5) is 5.69 Å². The third-order valence-corrected chi connectivity index (χ3v) is 2.59. The van der Waals surface area contributed by atoms with Crippen molar-refractivity contribution in [3.8, 4) is 6.07 Å². The van der Waals surface area contributed by atoms with Crippen LogP contribution in [-0.2, 0) is 0 Å². The summed E-state index contributed by atoms with van der Waals surface area (Å²) in [5, 5.41) is 8.92. The maximum Gasteiger partial charge on any atom is 0.163 e. The Morgan fingerprint density at radius 1 is 1.60 bits per heavy atom. The van der Waals surface area contributed by atoms with Crippen molar-refractivity contribution in [2.24, 2.45) is 5.92 Å². The molecule has 0 saturated heterocycles. The third-order valence-electron chi connectivity index (χ3n) is 2.59. The van der Waals surface area contributed by atoms with E-state index in [1.54, 1.807) is 6.20 Å². The Morgan fingerprint density at radius 2 is 2.33 bits per heavy atom. The number of hydrogen-bond donors (Lipinski definition) is 0. The standard InChI is InChI=1S/C12H17N3/c1-4-10(2)9-15(3)12-6-5-7-14-11(12)8-13/h5-7,10H,4,9H2,1-3H3. The summed E-state index contributed by atoms with van der Waals surface area (Å²) in [6.07, 6.45) is 2.80. The monoisotopic (exact) mass is 203 g/mol. The highest BCUT2D eigenvalue weighted by Gasteiger charge is 2.09. The Morgan fingerprint density at radius 3 is 2.93 bits per heavy atom. The van der Waals surface area contributed by atoms with E-state index in [2.05, 4.69) is 29.8 Å². The molecule has 1 atom stereocenters. The van der Waals surface area contributed by atoms with Gasteiger partial charge in [0.25, 0.3) is 0 Å². The van der Waals surface area contributed by atoms with Crippen molar-refractivity contribution in [1.29, 1.82) is 5.26 Å². The van der Waals surface area contributed by atoms with Gasteiger partial charge in [-0.3, -0.25) is 0 Å². The summed E-state index contributed by atoms with van der Waals surface area (Å²) in [7, 11) is 2.00. The van der Waals surface area contributed by atoms with E-state index >= 15 is 0 Å². The Labute approximate surface area is 91.4 Å². The molecule has 0 amide bonds. The summed E-state index contributed by atoms with van der Waals surface area (Å²) in [4.78, 5) is 6.15. The quantitative estimate of drug-likeness (QED) is 0.754. The summed E-state index contributed by atoms with van der Waals surface area (Å²) in [5.41, 5.74) is 1.42. The molecule has 1 unspecified atom stereocenters. The zero-order valence-corrected chi connectivity index (χ0v) is 9.57. The smallest absolute Gasteiger partial charge is 0.163 e. The molecule has 80 valence electrons. The number of anilines is 1. The van der Waals surface area contributed by atoms with Gasteiger partial charge in [-0.15, -0.1) is 0 Å². The van der Waals surface area contributed by atoms with Crippen LogP contribution in [0.3, 0.4) is 0 Å². The molecule has 0 spiro atoms. The number of nitrogens with zero attached hydrogens (tertiary/aromatic N) is 3. The molecule has 0 aromatic carbocycles. The molecule has 0 N–H and O–H groups in total. The Bertz CT molecular complexity index is 354. The molecule has 0 aliphatic rings. The molecule has 0 aliphatic carbocycles. The molecular weight excluding hydrogens is 186 g/mol. The van der Waals surface area contributed by atoms with E-state index in [1.807, 2.05) is 19.2 Å². The van der Waals surface area contributed by atoms with E-state index in [9.17, 15) is 0 Å². The Hall–Kier alpha value is -1.56. The van der Waals surface area contributed by atoms with Crippen LogP contribution in [0.25, 0.3) is 0 Å². The fraction of sp³-hybridized carbons (Fsp3) is 0.500. The van der Waals surface area contributed by atoms with Gasteiger partial charge in [0, 0.05) is 19.8 Å². The van der Waals surface area contributed by atoms with Crippen LogP contribution in [0.5, 0.6) is 0 Å². The van der Waals surface area contributed by atoms with Crippen LogP contribution in [0.15, 0.2) is 18.3 Å². The zero-order valence-electron chi connectivity index (χ0n) is 9.57. The molecule has 1 rings (SSSR count). The van der Waals surface area contributed by atoms with Gasteiger partial charge in [0.05, 0.1) is 5.69 Å². The van der Waals surface area contributed by atoms with Gasteiger partial charge in [0.15, 0.2) is 5.69 Å². The van der Waals surface area contributed by atoms with Crippen molar-refractivity contribution in [3.05, 3.63) is 24.0 Å². The predicted molar refractivity (Wildman–Crippen MR) is 61.7 cm³/mol. The van der Waals surface area contributed by atoms with Crippen LogP contribution in [0.2, 0.25) is 0 Å². The molecule has 0 radical (unpaired) electrons. The van der Waals surface area contributed by atoms with E-state index in [4.69, 9.17) is 5.26 Å². The minimum atomic E-state index is 0.503. The molecule has 1 aromatic heterocycles. The summed E-state index contributed by atoms with van der Waals surface area (Å²) < 4.78 is 0. The van der Waals surface area contributed by atoms with Gasteiger partial charge in [0.2, 0.25) is 0 Å². The molecule has 0 saturated carbocycles. The largest absolute Gasteiger partial charge is 0.372 e. The first-order valence-electron chi connectivity index (χ1n) is 5.25. The van der Waals surface area contributed by atoms with Crippen molar-refractivity contribution in [1.82, 2.24) is 4.98 Å². The third kappa shape index (κ3) is 2.95. The summed E-state index contributed by atoms with van der Waals surface area (Å²) >= 11 is 0. The second-order valence-corrected chi connectivity index (χ2v) is 3.88. The highest BCUT2D eigenvalue weighted by atomic mass is 15.1. The number of pyridine rings is 1.